The van der Waals surface area contributed by atoms with E-state index in [0.29, 0.717) is 61.6 Å². The number of nitrogens with one attached hydrogen (secondary N) is 2. The minimum atomic E-state index is -0.536. The van der Waals surface area contributed by atoms with E-state index in [4.69, 9.17) is 34.0 Å². The van der Waals surface area contributed by atoms with Crippen LogP contribution in [0.5, 0.6) is 0 Å². The Bertz CT molecular complexity index is 1320. The van der Waals surface area contributed by atoms with Crippen molar-refractivity contribution in [2.45, 2.75) is 51.6 Å². The van der Waals surface area contributed by atoms with Gasteiger partial charge in [0.1, 0.15) is 0 Å². The van der Waals surface area contributed by atoms with Gasteiger partial charge in [-0.25, -0.2) is 9.97 Å². The van der Waals surface area contributed by atoms with Crippen molar-refractivity contribution in [3.8, 4) is 0 Å². The van der Waals surface area contributed by atoms with Crippen LogP contribution in [0, 0.1) is 0 Å². The Morgan fingerprint density at radius 3 is 2.49 bits per heavy atom. The zero-order chi connectivity index (χ0) is 31.1. The summed E-state index contributed by atoms with van der Waals surface area (Å²) in [6.07, 6.45) is 3.17. The molecule has 14 heteroatoms. The number of halogens is 2. The van der Waals surface area contributed by atoms with Gasteiger partial charge in [-0.05, 0) is 49.4 Å². The van der Waals surface area contributed by atoms with Crippen LogP contribution in [0.2, 0.25) is 10.2 Å². The lowest BCUT2D eigenvalue weighted by Crippen LogP contribution is -2.58. The van der Waals surface area contributed by atoms with E-state index in [0.717, 1.165) is 31.4 Å². The number of hydrogen-bond donors (Lipinski definition) is 4. The van der Waals surface area contributed by atoms with Crippen LogP contribution in [0.4, 0.5) is 11.6 Å². The van der Waals surface area contributed by atoms with Crippen LogP contribution in [0.25, 0.3) is 0 Å². The van der Waals surface area contributed by atoms with Gasteiger partial charge in [0.05, 0.1) is 6.61 Å². The molecule has 3 heterocycles. The molecule has 43 heavy (non-hydrogen) atoms. The number of anilines is 2. The second kappa shape index (κ2) is 15.0. The molecule has 0 unspecified atom stereocenters. The predicted octanol–water partition coefficient (Wildman–Crippen LogP) is 1.97. The van der Waals surface area contributed by atoms with Gasteiger partial charge in [-0.1, -0.05) is 30.1 Å². The number of hydrogen-bond acceptors (Lipinski definition) is 9. The Morgan fingerprint density at radius 2 is 1.81 bits per heavy atom. The van der Waals surface area contributed by atoms with Crippen LogP contribution < -0.4 is 21.3 Å². The highest BCUT2D eigenvalue weighted by atomic mass is 35.5. The normalized spacial score (nSPS) is 18.0. The standard InChI is InChI=1S/C29H40Cl2N8O4/c1-3-21-17-38(27-25(31)35-24(26(32)36-27)28(42)34-10-15-40)13-14-39(21)22-7-11-37(12-8-22)29(43)23-5-4-20(30)16-19(23)6-9-33-18(2)41/h4-5,16,21-22,40H,3,6-15,17H2,1-2H3,(H2,32,36)(H,33,41)(H,34,42)/t21-/m0/s1. The molecule has 0 radical (unpaired) electrons. The summed E-state index contributed by atoms with van der Waals surface area (Å²) in [6, 6.07) is 5.90. The number of carbonyl (C=O) groups is 3. The van der Waals surface area contributed by atoms with Gasteiger partial charge in [0.15, 0.2) is 22.5 Å². The van der Waals surface area contributed by atoms with Gasteiger partial charge in [-0.3, -0.25) is 19.3 Å². The second-order valence-electron chi connectivity index (χ2n) is 10.9. The number of nitrogens with two attached hydrogens (primary N) is 1. The Hall–Kier alpha value is -3.19. The van der Waals surface area contributed by atoms with E-state index >= 15 is 0 Å². The minimum absolute atomic E-state index is 0.0101. The van der Waals surface area contributed by atoms with Crippen molar-refractivity contribution in [1.29, 1.82) is 0 Å². The zero-order valence-electron chi connectivity index (χ0n) is 24.6. The second-order valence-corrected chi connectivity index (χ2v) is 11.6. The molecule has 4 rings (SSSR count). The first-order chi connectivity index (χ1) is 20.6. The minimum Gasteiger partial charge on any atom is -0.395 e. The van der Waals surface area contributed by atoms with Crippen molar-refractivity contribution < 1.29 is 19.5 Å². The summed E-state index contributed by atoms with van der Waals surface area (Å²) < 4.78 is 0. The highest BCUT2D eigenvalue weighted by Gasteiger charge is 2.35. The molecule has 0 spiro atoms. The van der Waals surface area contributed by atoms with Crippen molar-refractivity contribution in [2.75, 3.05) is 63.1 Å². The molecule has 12 nitrogen and oxygen atoms in total. The van der Waals surface area contributed by atoms with E-state index in [9.17, 15) is 14.4 Å². The number of aliphatic hydroxyl groups excluding tert-OH is 1. The Labute approximate surface area is 261 Å². The third-order valence-corrected chi connectivity index (χ3v) is 8.55. The first-order valence-corrected chi connectivity index (χ1v) is 15.4. The maximum Gasteiger partial charge on any atom is 0.273 e. The van der Waals surface area contributed by atoms with E-state index in [1.165, 1.54) is 6.92 Å². The highest BCUT2D eigenvalue weighted by Crippen LogP contribution is 2.30. The largest absolute Gasteiger partial charge is 0.395 e. The van der Waals surface area contributed by atoms with E-state index in [1.807, 2.05) is 4.90 Å². The molecule has 2 aliphatic rings. The Morgan fingerprint density at radius 1 is 1.07 bits per heavy atom. The molecule has 1 aromatic carbocycles. The fourth-order valence-corrected chi connectivity index (χ4v) is 6.31. The summed E-state index contributed by atoms with van der Waals surface area (Å²) in [4.78, 5) is 52.2. The van der Waals surface area contributed by atoms with Crippen LogP contribution in [-0.4, -0.2) is 107 Å². The molecule has 0 bridgehead atoms. The molecular weight excluding hydrogens is 595 g/mol. The molecule has 2 aliphatic heterocycles. The van der Waals surface area contributed by atoms with Crippen LogP contribution >= 0.6 is 23.2 Å². The summed E-state index contributed by atoms with van der Waals surface area (Å²) in [5.41, 5.74) is 7.46. The third-order valence-electron chi connectivity index (χ3n) is 8.06. The van der Waals surface area contributed by atoms with Crippen LogP contribution in [0.3, 0.4) is 0 Å². The monoisotopic (exact) mass is 634 g/mol. The lowest BCUT2D eigenvalue weighted by Gasteiger charge is -2.47. The van der Waals surface area contributed by atoms with Gasteiger partial charge in [-0.2, -0.15) is 0 Å². The number of nitrogens with zero attached hydrogens (tertiary/aromatic N) is 5. The van der Waals surface area contributed by atoms with E-state index in [-0.39, 0.29) is 47.7 Å². The summed E-state index contributed by atoms with van der Waals surface area (Å²) >= 11 is 12.7. The van der Waals surface area contributed by atoms with Crippen molar-refractivity contribution in [1.82, 2.24) is 30.4 Å². The third kappa shape index (κ3) is 8.05. The number of piperazine rings is 1. The molecule has 0 saturated carbocycles. The van der Waals surface area contributed by atoms with E-state index < -0.39 is 5.91 Å². The molecule has 3 amide bonds. The van der Waals surface area contributed by atoms with Crippen molar-refractivity contribution in [2.24, 2.45) is 0 Å². The predicted molar refractivity (Wildman–Crippen MR) is 167 cm³/mol. The lowest BCUT2D eigenvalue weighted by molar-refractivity contribution is -0.118. The fraction of sp³-hybridized carbons (Fsp3) is 0.552. The number of carbonyl (C=O) groups excluding carboxylic acids is 3. The summed E-state index contributed by atoms with van der Waals surface area (Å²) in [7, 11) is 0. The maximum absolute atomic E-state index is 13.5. The molecule has 234 valence electrons. The number of aromatic nitrogens is 2. The zero-order valence-corrected chi connectivity index (χ0v) is 26.1. The Kier molecular flexibility index (Phi) is 11.4. The molecule has 1 atom stereocenters. The molecule has 5 N–H and O–H groups in total. The summed E-state index contributed by atoms with van der Waals surface area (Å²) in [5.74, 6) is -0.217. The molecule has 2 fully saturated rings. The fourth-order valence-electron chi connectivity index (χ4n) is 5.87. The van der Waals surface area contributed by atoms with Gasteiger partial charge < -0.3 is 31.3 Å². The first-order valence-electron chi connectivity index (χ1n) is 14.7. The molecule has 2 saturated heterocycles. The van der Waals surface area contributed by atoms with Crippen LogP contribution in [-0.2, 0) is 11.2 Å². The van der Waals surface area contributed by atoms with Gasteiger partial charge in [0.2, 0.25) is 5.91 Å². The number of piperidine rings is 1. The van der Waals surface area contributed by atoms with Crippen LogP contribution in [0.15, 0.2) is 18.2 Å². The van der Waals surface area contributed by atoms with E-state index in [2.05, 4.69) is 37.3 Å². The van der Waals surface area contributed by atoms with Gasteiger partial charge in [0, 0.05) is 75.4 Å². The average molecular weight is 636 g/mol. The SMILES string of the molecule is CC[C@H]1CN(c2nc(N)c(C(=O)NCCO)nc2Cl)CCN1C1CCN(C(=O)c2ccc(Cl)cc2CCNC(C)=O)CC1. The quantitative estimate of drug-likeness (QED) is 0.307. The number of aliphatic hydroxyl groups is 1. The van der Waals surface area contributed by atoms with Gasteiger partial charge in [0.25, 0.3) is 11.8 Å². The number of nitrogen functional groups attached to an aromatic ring is 1. The van der Waals surface area contributed by atoms with Crippen LogP contribution in [0.1, 0.15) is 59.5 Å². The highest BCUT2D eigenvalue weighted by molar-refractivity contribution is 6.32. The van der Waals surface area contributed by atoms with Crippen molar-refractivity contribution in [3.63, 3.8) is 0 Å². The van der Waals surface area contributed by atoms with Gasteiger partial charge >= 0.3 is 0 Å². The lowest BCUT2D eigenvalue weighted by atomic mass is 9.96. The smallest absolute Gasteiger partial charge is 0.273 e. The number of amides is 3. The van der Waals surface area contributed by atoms with Crippen molar-refractivity contribution >= 4 is 52.6 Å². The summed E-state index contributed by atoms with van der Waals surface area (Å²) in [5, 5.41) is 14.9. The Balaban J connectivity index is 1.37. The number of likely N-dealkylation sites (tertiary alicyclic amines) is 1. The van der Waals surface area contributed by atoms with Gasteiger partial charge in [-0.15, -0.1) is 0 Å². The topological polar surface area (TPSA) is 157 Å². The molecule has 1 aromatic heterocycles. The van der Waals surface area contributed by atoms with Crippen molar-refractivity contribution in [3.05, 3.63) is 45.2 Å². The molecule has 0 aliphatic carbocycles. The summed E-state index contributed by atoms with van der Waals surface area (Å²) in [6.45, 7) is 7.39. The van der Waals surface area contributed by atoms with E-state index in [1.54, 1.807) is 18.2 Å². The number of benzene rings is 1. The maximum atomic E-state index is 13.5. The average Bonchev–Trinajstić information content (AvgIpc) is 3.00. The molecular formula is C29H40Cl2N8O4. The molecule has 2 aromatic rings. The number of rotatable bonds is 10. The first kappa shape index (κ1) is 32.7.